The van der Waals surface area contributed by atoms with Gasteiger partial charge in [0.1, 0.15) is 11.6 Å². The molecule has 0 bridgehead atoms. The van der Waals surface area contributed by atoms with Crippen LogP contribution in [0, 0.1) is 11.7 Å². The molecule has 2 amide bonds. The molecule has 1 aromatic heterocycles. The number of hydrogen-bond acceptors (Lipinski definition) is 5. The lowest BCUT2D eigenvalue weighted by Gasteiger charge is -2.31. The molecule has 172 valence electrons. The molecule has 33 heavy (non-hydrogen) atoms. The molecule has 6 nitrogen and oxygen atoms in total. The fourth-order valence-electron chi connectivity index (χ4n) is 4.01. The molecule has 1 aliphatic heterocycles. The third-order valence-electron chi connectivity index (χ3n) is 5.82. The molecule has 1 fully saturated rings. The summed E-state index contributed by atoms with van der Waals surface area (Å²) in [6, 6.07) is 16.4. The number of carbonyl (C=O) groups excluding carboxylic acids is 2. The molecule has 1 saturated heterocycles. The Bertz CT molecular complexity index is 1080. The van der Waals surface area contributed by atoms with E-state index < -0.39 is 0 Å². The second kappa shape index (κ2) is 10.6. The van der Waals surface area contributed by atoms with Gasteiger partial charge in [0.15, 0.2) is 0 Å². The van der Waals surface area contributed by atoms with E-state index in [1.54, 1.807) is 30.3 Å². The van der Waals surface area contributed by atoms with Crippen LogP contribution in [0.25, 0.3) is 0 Å². The van der Waals surface area contributed by atoms with Crippen LogP contribution in [0.2, 0.25) is 0 Å². The molecule has 0 radical (unpaired) electrons. The number of hydrogen-bond donors (Lipinski definition) is 3. The van der Waals surface area contributed by atoms with Gasteiger partial charge in [-0.25, -0.2) is 4.39 Å². The predicted molar refractivity (Wildman–Crippen MR) is 127 cm³/mol. The normalized spacial score (nSPS) is 15.7. The lowest BCUT2D eigenvalue weighted by molar-refractivity contribution is -0.123. The van der Waals surface area contributed by atoms with Crippen molar-refractivity contribution in [1.29, 1.82) is 0 Å². The van der Waals surface area contributed by atoms with Gasteiger partial charge >= 0.3 is 0 Å². The summed E-state index contributed by atoms with van der Waals surface area (Å²) in [6.07, 6.45) is 1.28. The summed E-state index contributed by atoms with van der Waals surface area (Å²) in [7, 11) is 0. The summed E-state index contributed by atoms with van der Waals surface area (Å²) in [6.45, 7) is 1.50. The van der Waals surface area contributed by atoms with Crippen molar-refractivity contribution >= 4 is 28.8 Å². The Kier molecular flexibility index (Phi) is 7.36. The van der Waals surface area contributed by atoms with Crippen molar-refractivity contribution in [2.45, 2.75) is 18.9 Å². The van der Waals surface area contributed by atoms with Crippen molar-refractivity contribution in [2.75, 3.05) is 25.0 Å². The summed E-state index contributed by atoms with van der Waals surface area (Å²) in [5.41, 5.74) is 1.23. The largest absolute Gasteiger partial charge is 0.506 e. The van der Waals surface area contributed by atoms with Gasteiger partial charge in [0.25, 0.3) is 0 Å². The molecular formula is C25H26FN3O3S. The number of nitrogens with zero attached hydrogens (tertiary/aromatic N) is 1. The van der Waals surface area contributed by atoms with E-state index >= 15 is 0 Å². The molecule has 3 aromatic rings. The molecule has 0 spiro atoms. The zero-order chi connectivity index (χ0) is 23.2. The van der Waals surface area contributed by atoms with Gasteiger partial charge in [0.2, 0.25) is 11.8 Å². The van der Waals surface area contributed by atoms with Crippen LogP contribution in [-0.2, 0) is 9.59 Å². The number of phenols is 1. The quantitative estimate of drug-likeness (QED) is 0.456. The average Bonchev–Trinajstić information content (AvgIpc) is 3.35. The molecule has 0 aliphatic carbocycles. The van der Waals surface area contributed by atoms with Gasteiger partial charge in [-0.15, -0.1) is 11.3 Å². The number of aromatic hydroxyl groups is 1. The van der Waals surface area contributed by atoms with Crippen molar-refractivity contribution in [1.82, 2.24) is 10.2 Å². The predicted octanol–water partition coefficient (Wildman–Crippen LogP) is 4.15. The van der Waals surface area contributed by atoms with Crippen molar-refractivity contribution in [3.63, 3.8) is 0 Å². The Labute approximate surface area is 196 Å². The minimum Gasteiger partial charge on any atom is -0.506 e. The van der Waals surface area contributed by atoms with E-state index in [0.717, 1.165) is 10.4 Å². The van der Waals surface area contributed by atoms with E-state index in [9.17, 15) is 19.1 Å². The number of nitrogens with one attached hydrogen (secondary N) is 2. The van der Waals surface area contributed by atoms with E-state index in [-0.39, 0.29) is 41.9 Å². The Morgan fingerprint density at radius 3 is 2.45 bits per heavy atom. The summed E-state index contributed by atoms with van der Waals surface area (Å²) < 4.78 is 13.4. The summed E-state index contributed by atoms with van der Waals surface area (Å²) in [5, 5.41) is 17.7. The summed E-state index contributed by atoms with van der Waals surface area (Å²) in [5.74, 6) is -0.669. The standard InChI is InChI=1S/C25H26FN3O3S/c26-19-9-7-17(8-10-19)24(22-6-3-15-33-22)28-23(31)16-29-13-11-18(12-14-29)25(32)27-20-4-1-2-5-21(20)30/h1-10,15,18,24,30H,11-14,16H2,(H,27,32)(H,28,31)/t24-/m1/s1. The van der Waals surface area contributed by atoms with Gasteiger partial charge in [0.05, 0.1) is 18.3 Å². The van der Waals surface area contributed by atoms with Gasteiger partial charge in [-0.3, -0.25) is 14.5 Å². The first kappa shape index (κ1) is 22.9. The third-order valence-corrected chi connectivity index (χ3v) is 6.76. The van der Waals surface area contributed by atoms with E-state index in [0.29, 0.717) is 31.6 Å². The minimum absolute atomic E-state index is 0.0430. The zero-order valence-corrected chi connectivity index (χ0v) is 18.9. The Morgan fingerprint density at radius 1 is 1.06 bits per heavy atom. The number of para-hydroxylation sites is 2. The number of anilines is 1. The van der Waals surface area contributed by atoms with Gasteiger partial charge in [-0.2, -0.15) is 0 Å². The van der Waals surface area contributed by atoms with Gasteiger partial charge in [-0.05, 0) is 67.2 Å². The maximum atomic E-state index is 13.4. The van der Waals surface area contributed by atoms with Crippen LogP contribution in [0.15, 0.2) is 66.0 Å². The van der Waals surface area contributed by atoms with Crippen LogP contribution in [0.3, 0.4) is 0 Å². The molecule has 2 aromatic carbocycles. The fourth-order valence-corrected chi connectivity index (χ4v) is 4.81. The molecular weight excluding hydrogens is 441 g/mol. The monoisotopic (exact) mass is 467 g/mol. The second-order valence-electron chi connectivity index (χ2n) is 8.12. The molecule has 0 saturated carbocycles. The van der Waals surface area contributed by atoms with E-state index in [1.807, 2.05) is 22.4 Å². The molecule has 4 rings (SSSR count). The first-order valence-corrected chi connectivity index (χ1v) is 11.8. The van der Waals surface area contributed by atoms with Gasteiger partial charge in [0, 0.05) is 10.8 Å². The highest BCUT2D eigenvalue weighted by Gasteiger charge is 2.27. The summed E-state index contributed by atoms with van der Waals surface area (Å²) >= 11 is 1.54. The number of thiophene rings is 1. The van der Waals surface area contributed by atoms with Crippen molar-refractivity contribution in [3.05, 3.63) is 82.3 Å². The number of halogens is 1. The van der Waals surface area contributed by atoms with Crippen molar-refractivity contribution in [3.8, 4) is 5.75 Å². The van der Waals surface area contributed by atoms with Crippen LogP contribution < -0.4 is 10.6 Å². The molecule has 3 N–H and O–H groups in total. The Morgan fingerprint density at radius 2 is 1.79 bits per heavy atom. The van der Waals surface area contributed by atoms with Crippen LogP contribution in [0.1, 0.15) is 29.3 Å². The lowest BCUT2D eigenvalue weighted by Crippen LogP contribution is -2.44. The molecule has 0 unspecified atom stereocenters. The first-order chi connectivity index (χ1) is 16.0. The number of phenolic OH excluding ortho intramolecular Hbond substituents is 1. The van der Waals surface area contributed by atoms with E-state index in [1.165, 1.54) is 29.5 Å². The number of carbonyl (C=O) groups is 2. The number of piperidine rings is 1. The van der Waals surface area contributed by atoms with Crippen LogP contribution in [-0.4, -0.2) is 41.5 Å². The smallest absolute Gasteiger partial charge is 0.234 e. The van der Waals surface area contributed by atoms with Crippen molar-refractivity contribution in [2.24, 2.45) is 5.92 Å². The first-order valence-electron chi connectivity index (χ1n) is 10.9. The van der Waals surface area contributed by atoms with Crippen molar-refractivity contribution < 1.29 is 19.1 Å². The van der Waals surface area contributed by atoms with E-state index in [4.69, 9.17) is 0 Å². The van der Waals surface area contributed by atoms with Crippen LogP contribution >= 0.6 is 11.3 Å². The highest BCUT2D eigenvalue weighted by Crippen LogP contribution is 2.27. The van der Waals surface area contributed by atoms with Crippen LogP contribution in [0.4, 0.5) is 10.1 Å². The number of benzene rings is 2. The Balaban J connectivity index is 1.30. The maximum Gasteiger partial charge on any atom is 0.234 e. The lowest BCUT2D eigenvalue weighted by atomic mass is 9.95. The second-order valence-corrected chi connectivity index (χ2v) is 9.10. The van der Waals surface area contributed by atoms with Crippen LogP contribution in [0.5, 0.6) is 5.75 Å². The van der Waals surface area contributed by atoms with E-state index in [2.05, 4.69) is 10.6 Å². The molecule has 1 atom stereocenters. The average molecular weight is 468 g/mol. The topological polar surface area (TPSA) is 81.7 Å². The Hall–Kier alpha value is -3.23. The number of likely N-dealkylation sites (tertiary alicyclic amines) is 1. The molecule has 1 aliphatic rings. The minimum atomic E-state index is -0.333. The highest BCUT2D eigenvalue weighted by atomic mass is 32.1. The van der Waals surface area contributed by atoms with Gasteiger partial charge < -0.3 is 15.7 Å². The SMILES string of the molecule is O=C(CN1CCC(C(=O)Nc2ccccc2O)CC1)N[C@H](c1ccc(F)cc1)c1cccs1. The summed E-state index contributed by atoms with van der Waals surface area (Å²) in [4.78, 5) is 28.4. The van der Waals surface area contributed by atoms with Gasteiger partial charge in [-0.1, -0.05) is 30.3 Å². The highest BCUT2D eigenvalue weighted by molar-refractivity contribution is 7.10. The number of amides is 2. The molecule has 2 heterocycles. The third kappa shape index (κ3) is 5.97. The zero-order valence-electron chi connectivity index (χ0n) is 18.0. The molecule has 8 heteroatoms. The fraction of sp³-hybridized carbons (Fsp3) is 0.280. The maximum absolute atomic E-state index is 13.4. The number of rotatable bonds is 7.